The molecule has 0 aliphatic rings. The average Bonchev–Trinajstić information content (AvgIpc) is 2.03. The van der Waals surface area contributed by atoms with Gasteiger partial charge < -0.3 is 11.1 Å². The second-order valence-electron chi connectivity index (χ2n) is 2.93. The van der Waals surface area contributed by atoms with Gasteiger partial charge in [-0.15, -0.1) is 0 Å². The van der Waals surface area contributed by atoms with E-state index in [0.717, 1.165) is 0 Å². The fourth-order valence-electron chi connectivity index (χ4n) is 0.824. The number of hydrogen-bond acceptors (Lipinski definition) is 4. The summed E-state index contributed by atoms with van der Waals surface area (Å²) in [6.07, 6.45) is 1.63. The van der Waals surface area contributed by atoms with Crippen LogP contribution in [0.15, 0.2) is 12.3 Å². The summed E-state index contributed by atoms with van der Waals surface area (Å²) in [6, 6.07) is 1.98. The zero-order valence-corrected chi connectivity index (χ0v) is 8.43. The Kier molecular flexibility index (Phi) is 3.13. The van der Waals surface area contributed by atoms with Gasteiger partial charge in [-0.05, 0) is 19.9 Å². The van der Waals surface area contributed by atoms with Crippen molar-refractivity contribution in [1.29, 1.82) is 0 Å². The summed E-state index contributed by atoms with van der Waals surface area (Å²) in [4.78, 5) is 8.43. The van der Waals surface area contributed by atoms with Crippen LogP contribution in [0.5, 0.6) is 0 Å². The van der Waals surface area contributed by atoms with Crippen LogP contribution < -0.4 is 11.1 Å². The molecule has 1 aromatic heterocycles. The first-order valence-electron chi connectivity index (χ1n) is 3.99. The first-order valence-corrected chi connectivity index (χ1v) is 4.40. The molecular weight excluding hydrogens is 184 g/mol. The maximum atomic E-state index is 5.43. The van der Waals surface area contributed by atoms with Gasteiger partial charge in [-0.25, -0.2) is 9.97 Å². The maximum absolute atomic E-state index is 5.43. The van der Waals surface area contributed by atoms with Crippen LogP contribution in [0.1, 0.15) is 19.5 Å². The Hall–Kier alpha value is -1.23. The summed E-state index contributed by atoms with van der Waals surface area (Å²) in [5.41, 5.74) is 6.02. The molecular formula is C8H12N4S. The quantitative estimate of drug-likeness (QED) is 0.704. The molecule has 70 valence electrons. The van der Waals surface area contributed by atoms with Crippen LogP contribution in [-0.4, -0.2) is 21.0 Å². The molecule has 13 heavy (non-hydrogen) atoms. The highest BCUT2D eigenvalue weighted by molar-refractivity contribution is 7.80. The monoisotopic (exact) mass is 196 g/mol. The van der Waals surface area contributed by atoms with Gasteiger partial charge in [-0.3, -0.25) is 0 Å². The summed E-state index contributed by atoms with van der Waals surface area (Å²) >= 11 is 4.79. The van der Waals surface area contributed by atoms with Crippen molar-refractivity contribution in [3.05, 3.63) is 18.0 Å². The normalized spacial score (nSPS) is 10.1. The fourth-order valence-corrected chi connectivity index (χ4v) is 0.937. The van der Waals surface area contributed by atoms with Gasteiger partial charge >= 0.3 is 0 Å². The molecule has 4 nitrogen and oxygen atoms in total. The summed E-state index contributed by atoms with van der Waals surface area (Å²) in [7, 11) is 0. The van der Waals surface area contributed by atoms with Gasteiger partial charge in [-0.2, -0.15) is 0 Å². The van der Waals surface area contributed by atoms with E-state index in [4.69, 9.17) is 18.0 Å². The van der Waals surface area contributed by atoms with Crippen LogP contribution in [0, 0.1) is 0 Å². The number of nitrogens with one attached hydrogen (secondary N) is 1. The van der Waals surface area contributed by atoms with E-state index in [0.29, 0.717) is 17.7 Å². The van der Waals surface area contributed by atoms with Crippen molar-refractivity contribution in [2.75, 3.05) is 5.32 Å². The van der Waals surface area contributed by atoms with E-state index < -0.39 is 0 Å². The Bertz CT molecular complexity index is 311. The summed E-state index contributed by atoms with van der Waals surface area (Å²) in [5, 5.41) is 3.06. The minimum atomic E-state index is 0.286. The molecule has 0 saturated heterocycles. The van der Waals surface area contributed by atoms with Gasteiger partial charge in [0.2, 0.25) is 5.95 Å². The van der Waals surface area contributed by atoms with Gasteiger partial charge in [0, 0.05) is 12.2 Å². The number of nitrogens with two attached hydrogens (primary N) is 1. The molecule has 1 rings (SSSR count). The van der Waals surface area contributed by atoms with Crippen LogP contribution in [-0.2, 0) is 0 Å². The Morgan fingerprint density at radius 2 is 2.31 bits per heavy atom. The number of rotatable bonds is 3. The molecule has 5 heteroatoms. The molecule has 0 aliphatic heterocycles. The standard InChI is InChI=1S/C8H12N4S/c1-5(2)11-8-10-4-3-6(12-8)7(9)13/h3-5H,1-2H3,(H2,9,13)(H,10,11,12). The van der Waals surface area contributed by atoms with Crippen LogP contribution in [0.4, 0.5) is 5.95 Å². The lowest BCUT2D eigenvalue weighted by atomic mass is 10.4. The van der Waals surface area contributed by atoms with E-state index in [1.165, 1.54) is 0 Å². The van der Waals surface area contributed by atoms with Gasteiger partial charge in [0.05, 0.1) is 0 Å². The number of hydrogen-bond donors (Lipinski definition) is 2. The molecule has 0 bridgehead atoms. The van der Waals surface area contributed by atoms with Gasteiger partial charge in [0.25, 0.3) is 0 Å². The molecule has 0 spiro atoms. The number of thiocarbonyl (C=S) groups is 1. The zero-order valence-electron chi connectivity index (χ0n) is 7.61. The van der Waals surface area contributed by atoms with Gasteiger partial charge in [0.1, 0.15) is 10.7 Å². The Balaban J connectivity index is 2.85. The molecule has 0 fully saturated rings. The van der Waals surface area contributed by atoms with Crippen molar-refractivity contribution in [2.45, 2.75) is 19.9 Å². The molecule has 1 aromatic rings. The SMILES string of the molecule is CC(C)Nc1nccc(C(N)=S)n1. The van der Waals surface area contributed by atoms with Gasteiger partial charge in [0.15, 0.2) is 0 Å². The molecule has 0 saturated carbocycles. The minimum absolute atomic E-state index is 0.286. The van der Waals surface area contributed by atoms with Crippen molar-refractivity contribution in [1.82, 2.24) is 9.97 Å². The lowest BCUT2D eigenvalue weighted by Gasteiger charge is -2.07. The van der Waals surface area contributed by atoms with E-state index >= 15 is 0 Å². The molecule has 0 aliphatic carbocycles. The zero-order chi connectivity index (χ0) is 9.84. The lowest BCUT2D eigenvalue weighted by Crippen LogP contribution is -2.16. The first kappa shape index (κ1) is 9.85. The van der Waals surface area contributed by atoms with E-state index in [1.54, 1.807) is 12.3 Å². The topological polar surface area (TPSA) is 63.8 Å². The van der Waals surface area contributed by atoms with Crippen molar-refractivity contribution in [2.24, 2.45) is 5.73 Å². The minimum Gasteiger partial charge on any atom is -0.388 e. The molecule has 0 radical (unpaired) electrons. The van der Waals surface area contributed by atoms with Crippen LogP contribution >= 0.6 is 12.2 Å². The van der Waals surface area contributed by atoms with Crippen LogP contribution in [0.2, 0.25) is 0 Å². The molecule has 0 aromatic carbocycles. The maximum Gasteiger partial charge on any atom is 0.223 e. The third-order valence-electron chi connectivity index (χ3n) is 1.33. The Morgan fingerprint density at radius 1 is 1.62 bits per heavy atom. The number of aromatic nitrogens is 2. The smallest absolute Gasteiger partial charge is 0.223 e. The van der Waals surface area contributed by atoms with E-state index in [-0.39, 0.29) is 4.99 Å². The Morgan fingerprint density at radius 3 is 2.85 bits per heavy atom. The highest BCUT2D eigenvalue weighted by atomic mass is 32.1. The molecule has 1 heterocycles. The lowest BCUT2D eigenvalue weighted by molar-refractivity contribution is 0.873. The third-order valence-corrected chi connectivity index (χ3v) is 1.53. The predicted octanol–water partition coefficient (Wildman–Crippen LogP) is 0.931. The molecule has 3 N–H and O–H groups in total. The van der Waals surface area contributed by atoms with E-state index in [1.807, 2.05) is 13.8 Å². The second kappa shape index (κ2) is 4.13. The van der Waals surface area contributed by atoms with Crippen molar-refractivity contribution < 1.29 is 0 Å². The van der Waals surface area contributed by atoms with Crippen molar-refractivity contribution in [3.63, 3.8) is 0 Å². The molecule has 0 atom stereocenters. The fraction of sp³-hybridized carbons (Fsp3) is 0.375. The number of anilines is 1. The van der Waals surface area contributed by atoms with E-state index in [9.17, 15) is 0 Å². The van der Waals surface area contributed by atoms with Crippen LogP contribution in [0.3, 0.4) is 0 Å². The summed E-state index contributed by atoms with van der Waals surface area (Å²) < 4.78 is 0. The highest BCUT2D eigenvalue weighted by Crippen LogP contribution is 2.01. The summed E-state index contributed by atoms with van der Waals surface area (Å²) in [5.74, 6) is 0.556. The third kappa shape index (κ3) is 2.95. The molecule has 0 amide bonds. The summed E-state index contributed by atoms with van der Waals surface area (Å²) in [6.45, 7) is 4.02. The average molecular weight is 196 g/mol. The largest absolute Gasteiger partial charge is 0.388 e. The van der Waals surface area contributed by atoms with E-state index in [2.05, 4.69) is 15.3 Å². The predicted molar refractivity (Wildman–Crippen MR) is 56.7 cm³/mol. The van der Waals surface area contributed by atoms with Gasteiger partial charge in [-0.1, -0.05) is 12.2 Å². The van der Waals surface area contributed by atoms with Crippen molar-refractivity contribution in [3.8, 4) is 0 Å². The number of nitrogens with zero attached hydrogens (tertiary/aromatic N) is 2. The molecule has 0 unspecified atom stereocenters. The second-order valence-corrected chi connectivity index (χ2v) is 3.37. The van der Waals surface area contributed by atoms with Crippen molar-refractivity contribution >= 4 is 23.2 Å². The highest BCUT2D eigenvalue weighted by Gasteiger charge is 2.01. The van der Waals surface area contributed by atoms with Crippen LogP contribution in [0.25, 0.3) is 0 Å². The first-order chi connectivity index (χ1) is 6.09. The Labute approximate surface area is 82.6 Å².